The highest BCUT2D eigenvalue weighted by Crippen LogP contribution is 2.26. The summed E-state index contributed by atoms with van der Waals surface area (Å²) in [5.74, 6) is 0.725. The number of benzene rings is 2. The van der Waals surface area contributed by atoms with Crippen molar-refractivity contribution < 1.29 is 9.59 Å². The normalized spacial score (nSPS) is 16.6. The summed E-state index contributed by atoms with van der Waals surface area (Å²) < 4.78 is 0. The lowest BCUT2D eigenvalue weighted by molar-refractivity contribution is -0.122. The first-order valence-electron chi connectivity index (χ1n) is 8.76. The number of rotatable bonds is 4. The number of hydrogen-bond acceptors (Lipinski definition) is 4. The van der Waals surface area contributed by atoms with E-state index in [9.17, 15) is 9.59 Å². The van der Waals surface area contributed by atoms with Crippen molar-refractivity contribution in [2.45, 2.75) is 13.3 Å². The Balaban J connectivity index is 1.46. The van der Waals surface area contributed by atoms with Crippen molar-refractivity contribution in [3.63, 3.8) is 0 Å². The predicted molar refractivity (Wildman–Crippen MR) is 102 cm³/mol. The molecule has 1 fully saturated rings. The average molecular weight is 361 g/mol. The highest BCUT2D eigenvalue weighted by molar-refractivity contribution is 6.03. The molecule has 0 spiro atoms. The summed E-state index contributed by atoms with van der Waals surface area (Å²) in [6.45, 7) is 2.21. The van der Waals surface area contributed by atoms with Crippen LogP contribution in [0, 0.1) is 12.8 Å². The van der Waals surface area contributed by atoms with E-state index in [2.05, 4.69) is 20.5 Å². The molecule has 2 heterocycles. The van der Waals surface area contributed by atoms with E-state index >= 15 is 0 Å². The molecule has 3 aromatic rings. The Kier molecular flexibility index (Phi) is 4.42. The Morgan fingerprint density at radius 2 is 2.00 bits per heavy atom. The number of hydrogen-bond donors (Lipinski definition) is 2. The minimum absolute atomic E-state index is 0.0358. The molecular weight excluding hydrogens is 342 g/mol. The first-order chi connectivity index (χ1) is 13.1. The second-order valence-corrected chi connectivity index (χ2v) is 6.56. The third-order valence-electron chi connectivity index (χ3n) is 4.55. The number of amides is 2. The first-order valence-corrected chi connectivity index (χ1v) is 8.76. The lowest BCUT2D eigenvalue weighted by atomic mass is 10.1. The van der Waals surface area contributed by atoms with Crippen molar-refractivity contribution in [1.82, 2.24) is 15.2 Å². The maximum absolute atomic E-state index is 12.7. The van der Waals surface area contributed by atoms with Crippen LogP contribution in [0.15, 0.2) is 54.6 Å². The zero-order chi connectivity index (χ0) is 18.8. The summed E-state index contributed by atoms with van der Waals surface area (Å²) >= 11 is 0. The molecule has 4 rings (SSSR count). The van der Waals surface area contributed by atoms with Crippen LogP contribution in [0.4, 0.5) is 11.4 Å². The third-order valence-corrected chi connectivity index (χ3v) is 4.55. The smallest absolute Gasteiger partial charge is 0.229 e. The Bertz CT molecular complexity index is 983. The highest BCUT2D eigenvalue weighted by Gasteiger charge is 2.35. The van der Waals surface area contributed by atoms with Crippen LogP contribution in [0.25, 0.3) is 11.4 Å². The SMILES string of the molecule is Cc1nc(-c2cccc(NC(=O)C3CC(=O)N(c4ccccc4)C3)c2)n[nH]1. The number of para-hydroxylation sites is 1. The van der Waals surface area contributed by atoms with Gasteiger partial charge in [0, 0.05) is 29.9 Å². The highest BCUT2D eigenvalue weighted by atomic mass is 16.2. The molecule has 0 aliphatic carbocycles. The molecule has 1 aliphatic rings. The van der Waals surface area contributed by atoms with Gasteiger partial charge in [-0.3, -0.25) is 14.7 Å². The summed E-state index contributed by atoms with van der Waals surface area (Å²) in [6, 6.07) is 16.8. The molecule has 1 aromatic heterocycles. The van der Waals surface area contributed by atoms with E-state index in [1.165, 1.54) is 0 Å². The van der Waals surface area contributed by atoms with Crippen molar-refractivity contribution in [1.29, 1.82) is 0 Å². The van der Waals surface area contributed by atoms with E-state index in [1.54, 1.807) is 4.90 Å². The van der Waals surface area contributed by atoms with Gasteiger partial charge < -0.3 is 10.2 Å². The number of anilines is 2. The van der Waals surface area contributed by atoms with Gasteiger partial charge >= 0.3 is 0 Å². The van der Waals surface area contributed by atoms with E-state index in [-0.39, 0.29) is 24.2 Å². The quantitative estimate of drug-likeness (QED) is 0.747. The maximum atomic E-state index is 12.7. The maximum Gasteiger partial charge on any atom is 0.229 e. The number of H-pyrrole nitrogens is 1. The number of aromatic nitrogens is 3. The molecule has 136 valence electrons. The van der Waals surface area contributed by atoms with E-state index in [1.807, 2.05) is 61.5 Å². The molecule has 0 saturated carbocycles. The van der Waals surface area contributed by atoms with E-state index in [0.29, 0.717) is 18.1 Å². The monoisotopic (exact) mass is 361 g/mol. The summed E-state index contributed by atoms with van der Waals surface area (Å²) in [5.41, 5.74) is 2.29. The standard InChI is InChI=1S/C20H19N5O2/c1-13-21-19(24-23-13)14-6-5-7-16(10-14)22-20(27)15-11-18(26)25(12-15)17-8-3-2-4-9-17/h2-10,15H,11-12H2,1H3,(H,22,27)(H,21,23,24). The van der Waals surface area contributed by atoms with Crippen molar-refractivity contribution in [3.8, 4) is 11.4 Å². The van der Waals surface area contributed by atoms with Gasteiger partial charge in [0.15, 0.2) is 5.82 Å². The average Bonchev–Trinajstić information content (AvgIpc) is 3.29. The topological polar surface area (TPSA) is 91.0 Å². The number of nitrogens with one attached hydrogen (secondary N) is 2. The van der Waals surface area contributed by atoms with E-state index < -0.39 is 0 Å². The van der Waals surface area contributed by atoms with Crippen LogP contribution in [0.5, 0.6) is 0 Å². The van der Waals surface area contributed by atoms with Crippen molar-refractivity contribution in [2.75, 3.05) is 16.8 Å². The lowest BCUT2D eigenvalue weighted by Gasteiger charge is -2.16. The van der Waals surface area contributed by atoms with Gasteiger partial charge in [0.25, 0.3) is 0 Å². The molecule has 7 heteroatoms. The van der Waals surface area contributed by atoms with Crippen LogP contribution in [0.1, 0.15) is 12.2 Å². The molecule has 7 nitrogen and oxygen atoms in total. The van der Waals surface area contributed by atoms with Crippen LogP contribution in [0.3, 0.4) is 0 Å². The number of aromatic amines is 1. The molecule has 1 atom stereocenters. The molecule has 2 N–H and O–H groups in total. The number of carbonyl (C=O) groups is 2. The van der Waals surface area contributed by atoms with Gasteiger partial charge in [-0.2, -0.15) is 5.10 Å². The molecular formula is C20H19N5O2. The fourth-order valence-corrected chi connectivity index (χ4v) is 3.19. The number of carbonyl (C=O) groups excluding carboxylic acids is 2. The zero-order valence-electron chi connectivity index (χ0n) is 14.8. The molecule has 0 bridgehead atoms. The Morgan fingerprint density at radius 1 is 1.19 bits per heavy atom. The molecule has 2 amide bonds. The van der Waals surface area contributed by atoms with E-state index in [0.717, 1.165) is 17.1 Å². The van der Waals surface area contributed by atoms with Crippen LogP contribution >= 0.6 is 0 Å². The second-order valence-electron chi connectivity index (χ2n) is 6.56. The summed E-state index contributed by atoms with van der Waals surface area (Å²) in [7, 11) is 0. The fourth-order valence-electron chi connectivity index (χ4n) is 3.19. The van der Waals surface area contributed by atoms with Gasteiger partial charge in [-0.25, -0.2) is 4.98 Å². The summed E-state index contributed by atoms with van der Waals surface area (Å²) in [5, 5.41) is 9.85. The van der Waals surface area contributed by atoms with Gasteiger partial charge in [-0.05, 0) is 31.2 Å². The van der Waals surface area contributed by atoms with Gasteiger partial charge in [-0.15, -0.1) is 0 Å². The second kappa shape index (κ2) is 7.03. The van der Waals surface area contributed by atoms with Crippen LogP contribution in [-0.2, 0) is 9.59 Å². The van der Waals surface area contributed by atoms with Gasteiger partial charge in [0.1, 0.15) is 5.82 Å². The van der Waals surface area contributed by atoms with Crippen molar-refractivity contribution >= 4 is 23.2 Å². The van der Waals surface area contributed by atoms with Crippen LogP contribution in [0.2, 0.25) is 0 Å². The van der Waals surface area contributed by atoms with Crippen LogP contribution in [-0.4, -0.2) is 33.5 Å². The molecule has 0 radical (unpaired) electrons. The molecule has 1 aliphatic heterocycles. The molecule has 27 heavy (non-hydrogen) atoms. The third kappa shape index (κ3) is 3.57. The zero-order valence-corrected chi connectivity index (χ0v) is 14.8. The van der Waals surface area contributed by atoms with Crippen LogP contribution < -0.4 is 10.2 Å². The summed E-state index contributed by atoms with van der Waals surface area (Å²) in [4.78, 5) is 30.9. The minimum atomic E-state index is -0.382. The lowest BCUT2D eigenvalue weighted by Crippen LogP contribution is -2.28. The van der Waals surface area contributed by atoms with Gasteiger partial charge in [-0.1, -0.05) is 30.3 Å². The van der Waals surface area contributed by atoms with Gasteiger partial charge in [0.05, 0.1) is 5.92 Å². The summed E-state index contributed by atoms with van der Waals surface area (Å²) in [6.07, 6.45) is 0.209. The van der Waals surface area contributed by atoms with Crippen molar-refractivity contribution in [3.05, 3.63) is 60.4 Å². The molecule has 2 aromatic carbocycles. The minimum Gasteiger partial charge on any atom is -0.326 e. The largest absolute Gasteiger partial charge is 0.326 e. The number of aryl methyl sites for hydroxylation is 1. The molecule has 1 unspecified atom stereocenters. The first kappa shape index (κ1) is 17.0. The predicted octanol–water partition coefficient (Wildman–Crippen LogP) is 2.77. The van der Waals surface area contributed by atoms with Gasteiger partial charge in [0.2, 0.25) is 11.8 Å². The Hall–Kier alpha value is -3.48. The fraction of sp³-hybridized carbons (Fsp3) is 0.200. The Morgan fingerprint density at radius 3 is 2.74 bits per heavy atom. The molecule has 1 saturated heterocycles. The number of nitrogens with zero attached hydrogens (tertiary/aromatic N) is 3. The van der Waals surface area contributed by atoms with Crippen molar-refractivity contribution in [2.24, 2.45) is 5.92 Å². The van der Waals surface area contributed by atoms with E-state index in [4.69, 9.17) is 0 Å². The Labute approximate surface area is 156 Å².